The van der Waals surface area contributed by atoms with Gasteiger partial charge in [0.1, 0.15) is 6.61 Å². The topological polar surface area (TPSA) is 134 Å². The Morgan fingerprint density at radius 1 is 0.437 bits per heavy atom. The van der Waals surface area contributed by atoms with E-state index in [1.165, 1.54) is 186 Å². The summed E-state index contributed by atoms with van der Waals surface area (Å²) in [6, 6.07) is 0. The highest BCUT2D eigenvalue weighted by Crippen LogP contribution is 2.43. The summed E-state index contributed by atoms with van der Waals surface area (Å²) in [6.45, 7) is 3.66. The van der Waals surface area contributed by atoms with Crippen LogP contribution >= 0.6 is 7.82 Å². The highest BCUT2D eigenvalue weighted by Gasteiger charge is 2.26. The number of hydrogen-bond donors (Lipinski definition) is 2. The van der Waals surface area contributed by atoms with Gasteiger partial charge in [0.05, 0.1) is 13.2 Å². The molecule has 0 aliphatic heterocycles. The van der Waals surface area contributed by atoms with Crippen LogP contribution in [0.1, 0.15) is 284 Å². The van der Waals surface area contributed by atoms with Crippen molar-refractivity contribution in [3.63, 3.8) is 0 Å². The van der Waals surface area contributed by atoms with E-state index in [2.05, 4.69) is 74.6 Å². The number of carbonyl (C=O) groups is 2. The average Bonchev–Trinajstić information content (AvgIpc) is 3.36. The van der Waals surface area contributed by atoms with Crippen molar-refractivity contribution in [2.24, 2.45) is 5.73 Å². The smallest absolute Gasteiger partial charge is 0.462 e. The zero-order valence-electron chi connectivity index (χ0n) is 46.2. The van der Waals surface area contributed by atoms with Crippen molar-refractivity contribution in [1.82, 2.24) is 0 Å². The molecule has 2 atom stereocenters. The summed E-state index contributed by atoms with van der Waals surface area (Å²) in [4.78, 5) is 35.2. The molecule has 0 radical (unpaired) electrons. The second kappa shape index (κ2) is 57.0. The van der Waals surface area contributed by atoms with Gasteiger partial charge < -0.3 is 20.1 Å². The van der Waals surface area contributed by atoms with Gasteiger partial charge in [-0.2, -0.15) is 0 Å². The van der Waals surface area contributed by atoms with Crippen LogP contribution in [-0.2, 0) is 32.7 Å². The molecule has 0 spiro atoms. The Morgan fingerprint density at radius 2 is 0.775 bits per heavy atom. The molecule has 71 heavy (non-hydrogen) atoms. The van der Waals surface area contributed by atoms with E-state index in [1.54, 1.807) is 0 Å². The van der Waals surface area contributed by atoms with Crippen molar-refractivity contribution in [3.8, 4) is 0 Å². The maximum atomic E-state index is 12.7. The molecule has 0 aromatic rings. The first-order valence-corrected chi connectivity index (χ1v) is 31.3. The molecule has 2 unspecified atom stereocenters. The first-order chi connectivity index (χ1) is 34.8. The number of hydrogen-bond acceptors (Lipinski definition) is 8. The fraction of sp³-hybridized carbons (Fsp3) is 0.803. The number of nitrogens with two attached hydrogens (primary N) is 1. The van der Waals surface area contributed by atoms with Crippen LogP contribution in [-0.4, -0.2) is 49.3 Å². The molecule has 0 saturated heterocycles. The average molecular weight is 1020 g/mol. The van der Waals surface area contributed by atoms with Crippen LogP contribution in [0.3, 0.4) is 0 Å². The van der Waals surface area contributed by atoms with Gasteiger partial charge in [-0.3, -0.25) is 18.6 Å². The van der Waals surface area contributed by atoms with Gasteiger partial charge in [0.2, 0.25) is 0 Å². The minimum atomic E-state index is -4.39. The number of phosphoric acid groups is 1. The lowest BCUT2D eigenvalue weighted by Gasteiger charge is -2.19. The van der Waals surface area contributed by atoms with Crippen LogP contribution in [0.5, 0.6) is 0 Å². The third-order valence-electron chi connectivity index (χ3n) is 12.9. The fourth-order valence-corrected chi connectivity index (χ4v) is 9.27. The summed E-state index contributed by atoms with van der Waals surface area (Å²) >= 11 is 0. The predicted octanol–water partition coefficient (Wildman–Crippen LogP) is 18.7. The Balaban J connectivity index is 3.90. The van der Waals surface area contributed by atoms with Crippen LogP contribution in [0.4, 0.5) is 0 Å². The normalized spacial score (nSPS) is 13.5. The van der Waals surface area contributed by atoms with Gasteiger partial charge in [0, 0.05) is 19.4 Å². The van der Waals surface area contributed by atoms with E-state index in [0.29, 0.717) is 6.42 Å². The Kier molecular flexibility index (Phi) is 55.2. The molecular formula is C61H112NO8P. The molecular weight excluding hydrogens is 906 g/mol. The van der Waals surface area contributed by atoms with Crippen molar-refractivity contribution in [3.05, 3.63) is 60.8 Å². The second-order valence-corrected chi connectivity index (χ2v) is 21.3. The van der Waals surface area contributed by atoms with E-state index < -0.39 is 26.5 Å². The molecule has 0 bridgehead atoms. The molecule has 0 fully saturated rings. The molecule has 0 aromatic heterocycles. The zero-order chi connectivity index (χ0) is 51.7. The maximum Gasteiger partial charge on any atom is 0.472 e. The van der Waals surface area contributed by atoms with Crippen LogP contribution in [0, 0.1) is 0 Å². The number of rotatable bonds is 56. The van der Waals surface area contributed by atoms with Crippen molar-refractivity contribution in [2.45, 2.75) is 290 Å². The highest BCUT2D eigenvalue weighted by molar-refractivity contribution is 7.47. The van der Waals surface area contributed by atoms with Crippen LogP contribution in [0.25, 0.3) is 0 Å². The van der Waals surface area contributed by atoms with Gasteiger partial charge in [-0.15, -0.1) is 0 Å². The Bertz CT molecular complexity index is 1350. The van der Waals surface area contributed by atoms with Gasteiger partial charge in [-0.05, 0) is 77.0 Å². The monoisotopic (exact) mass is 1020 g/mol. The van der Waals surface area contributed by atoms with Crippen molar-refractivity contribution in [2.75, 3.05) is 26.4 Å². The molecule has 0 aromatic carbocycles. The van der Waals surface area contributed by atoms with E-state index in [9.17, 15) is 19.0 Å². The molecule has 0 heterocycles. The third-order valence-corrected chi connectivity index (χ3v) is 13.9. The number of phosphoric ester groups is 1. The van der Waals surface area contributed by atoms with E-state index >= 15 is 0 Å². The lowest BCUT2D eigenvalue weighted by atomic mass is 10.0. The molecule has 3 N–H and O–H groups in total. The summed E-state index contributed by atoms with van der Waals surface area (Å²) in [6.07, 6.45) is 71.4. The summed E-state index contributed by atoms with van der Waals surface area (Å²) in [5, 5.41) is 0. The Hall–Kier alpha value is -2.29. The van der Waals surface area contributed by atoms with E-state index in [0.717, 1.165) is 64.2 Å². The minimum Gasteiger partial charge on any atom is -0.462 e. The first-order valence-electron chi connectivity index (χ1n) is 29.8. The highest BCUT2D eigenvalue weighted by atomic mass is 31.2. The van der Waals surface area contributed by atoms with Crippen molar-refractivity contribution in [1.29, 1.82) is 0 Å². The maximum absolute atomic E-state index is 12.7. The second-order valence-electron chi connectivity index (χ2n) is 19.8. The molecule has 0 aliphatic carbocycles. The SMILES string of the molecule is CC/C=C\C/C=C\C/C=C\C/C=C\CCCCCCCCCCCCCCCCCCCCC(=O)OC(COC(=O)CCCCCCCCCCC/C=C\CCCCCCCC)COP(=O)(O)OCCN. The zero-order valence-corrected chi connectivity index (χ0v) is 47.1. The van der Waals surface area contributed by atoms with E-state index in [-0.39, 0.29) is 38.6 Å². The van der Waals surface area contributed by atoms with Crippen molar-refractivity contribution >= 4 is 19.8 Å². The molecule has 0 amide bonds. The van der Waals surface area contributed by atoms with Gasteiger partial charge in [-0.1, -0.05) is 254 Å². The molecule has 0 rings (SSSR count). The minimum absolute atomic E-state index is 0.0533. The number of unbranched alkanes of at least 4 members (excludes halogenated alkanes) is 33. The van der Waals surface area contributed by atoms with Gasteiger partial charge in [-0.25, -0.2) is 4.57 Å². The molecule has 10 heteroatoms. The lowest BCUT2D eigenvalue weighted by Crippen LogP contribution is -2.29. The number of allylic oxidation sites excluding steroid dienone is 10. The number of esters is 2. The van der Waals surface area contributed by atoms with Gasteiger partial charge in [0.15, 0.2) is 6.10 Å². The Morgan fingerprint density at radius 3 is 1.17 bits per heavy atom. The van der Waals surface area contributed by atoms with Gasteiger partial charge >= 0.3 is 19.8 Å². The van der Waals surface area contributed by atoms with E-state index in [4.69, 9.17) is 24.3 Å². The van der Waals surface area contributed by atoms with Gasteiger partial charge in [0.25, 0.3) is 0 Å². The molecule has 0 aliphatic rings. The molecule has 414 valence electrons. The number of carbonyl (C=O) groups excluding carboxylic acids is 2. The molecule has 0 saturated carbocycles. The van der Waals surface area contributed by atoms with Crippen molar-refractivity contribution < 1.29 is 37.6 Å². The summed E-state index contributed by atoms with van der Waals surface area (Å²) in [5.74, 6) is -0.819. The first kappa shape index (κ1) is 68.7. The van der Waals surface area contributed by atoms with Crippen LogP contribution in [0.15, 0.2) is 60.8 Å². The van der Waals surface area contributed by atoms with Crippen LogP contribution < -0.4 is 5.73 Å². The standard InChI is InChI=1S/C61H112NO8P/c1-3-5-7-9-11-13-15-17-19-21-23-24-25-26-27-28-29-30-31-32-33-34-36-38-40-42-44-46-48-50-52-54-61(64)70-59(58-69-71(65,66)68-56-55-62)57-67-60(63)53-51-49-47-45-43-41-39-37-35-22-20-18-16-14-12-10-8-6-4-2/h5,7,11,13,17-20,23-24,59H,3-4,6,8-10,12,14-16,21-22,25-58,62H2,1-2H3,(H,65,66)/b7-5-,13-11-,19-17-,20-18-,24-23-. The quantitative estimate of drug-likeness (QED) is 0.0264. The number of ether oxygens (including phenoxy) is 2. The summed E-state index contributed by atoms with van der Waals surface area (Å²) in [5.41, 5.74) is 5.38. The largest absolute Gasteiger partial charge is 0.472 e. The Labute approximate surface area is 438 Å². The van der Waals surface area contributed by atoms with Crippen LogP contribution in [0.2, 0.25) is 0 Å². The van der Waals surface area contributed by atoms with E-state index in [1.807, 2.05) is 0 Å². The predicted molar refractivity (Wildman–Crippen MR) is 303 cm³/mol. The lowest BCUT2D eigenvalue weighted by molar-refractivity contribution is -0.161. The summed E-state index contributed by atoms with van der Waals surface area (Å²) < 4.78 is 33.1. The summed E-state index contributed by atoms with van der Waals surface area (Å²) in [7, 11) is -4.39. The fourth-order valence-electron chi connectivity index (χ4n) is 8.51. The molecule has 9 nitrogen and oxygen atoms in total. The third kappa shape index (κ3) is 56.9.